The maximum atomic E-state index is 11.3. The molecule has 0 rings (SSSR count). The van der Waals surface area contributed by atoms with Gasteiger partial charge in [-0.2, -0.15) is 0 Å². The van der Waals surface area contributed by atoms with E-state index in [4.69, 9.17) is 9.84 Å². The summed E-state index contributed by atoms with van der Waals surface area (Å²) in [6, 6.07) is -0.697. The molecular weight excluding hydrogens is 212 g/mol. The predicted octanol–water partition coefficient (Wildman–Crippen LogP) is 0.943. The van der Waals surface area contributed by atoms with E-state index in [1.807, 2.05) is 0 Å². The first kappa shape index (κ1) is 17.3. The number of rotatable bonds is 5. The molecule has 0 fully saturated rings. The van der Waals surface area contributed by atoms with E-state index in [1.165, 1.54) is 0 Å². The zero-order valence-corrected chi connectivity index (χ0v) is 10.4. The van der Waals surface area contributed by atoms with Gasteiger partial charge in [-0.15, -0.1) is 0 Å². The van der Waals surface area contributed by atoms with E-state index < -0.39 is 17.6 Å². The number of likely N-dealkylation sites (N-methyl/N-ethyl adjacent to an activating group) is 1. The largest absolute Gasteiger partial charge is 0.480 e. The lowest BCUT2D eigenvalue weighted by Gasteiger charge is -2.20. The number of carbonyl (C=O) groups excluding carboxylic acids is 1. The van der Waals surface area contributed by atoms with Crippen LogP contribution in [0.15, 0.2) is 0 Å². The maximum Gasteiger partial charge on any atom is 0.320 e. The summed E-state index contributed by atoms with van der Waals surface area (Å²) in [6.45, 7) is 5.33. The van der Waals surface area contributed by atoms with Crippen molar-refractivity contribution in [1.82, 2.24) is 11.5 Å². The van der Waals surface area contributed by atoms with E-state index in [0.29, 0.717) is 0 Å². The van der Waals surface area contributed by atoms with Gasteiger partial charge in [0.1, 0.15) is 11.6 Å². The molecule has 0 saturated heterocycles. The fourth-order valence-electron chi connectivity index (χ4n) is 1.05. The monoisotopic (exact) mass is 234 g/mol. The number of carboxylic acid groups (broad SMARTS) is 1. The van der Waals surface area contributed by atoms with Crippen LogP contribution in [-0.2, 0) is 14.3 Å². The fraction of sp³-hybridized carbons (Fsp3) is 0.800. The standard InChI is InChI=1S/C10H19NO4.H3N/c1-10(2,3)15-8(12)6-5-7(11-4)9(13)14;/h7,11H,5-6H2,1-4H3,(H,13,14);1H3. The molecule has 0 saturated carbocycles. The van der Waals surface area contributed by atoms with Crippen LogP contribution in [0.25, 0.3) is 0 Å². The van der Waals surface area contributed by atoms with Gasteiger partial charge in [-0.05, 0) is 34.2 Å². The van der Waals surface area contributed by atoms with Gasteiger partial charge in [0.2, 0.25) is 0 Å². The number of hydrogen-bond donors (Lipinski definition) is 3. The molecule has 1 atom stereocenters. The van der Waals surface area contributed by atoms with Crippen LogP contribution in [0.5, 0.6) is 0 Å². The van der Waals surface area contributed by atoms with Crippen molar-refractivity contribution >= 4 is 11.9 Å². The zero-order chi connectivity index (χ0) is 12.1. The van der Waals surface area contributed by atoms with Crippen molar-refractivity contribution < 1.29 is 19.4 Å². The van der Waals surface area contributed by atoms with E-state index in [9.17, 15) is 9.59 Å². The molecule has 6 heteroatoms. The van der Waals surface area contributed by atoms with Crippen LogP contribution >= 0.6 is 0 Å². The van der Waals surface area contributed by atoms with Crippen LogP contribution in [0, 0.1) is 0 Å². The van der Waals surface area contributed by atoms with E-state index >= 15 is 0 Å². The number of esters is 1. The van der Waals surface area contributed by atoms with Gasteiger partial charge >= 0.3 is 11.9 Å². The second-order valence-corrected chi connectivity index (χ2v) is 4.30. The van der Waals surface area contributed by atoms with Gasteiger partial charge in [-0.1, -0.05) is 0 Å². The second kappa shape index (κ2) is 7.19. The van der Waals surface area contributed by atoms with Gasteiger partial charge in [0, 0.05) is 6.42 Å². The lowest BCUT2D eigenvalue weighted by atomic mass is 10.1. The van der Waals surface area contributed by atoms with E-state index in [1.54, 1.807) is 27.8 Å². The third-order valence-corrected chi connectivity index (χ3v) is 1.70. The number of ether oxygens (including phenoxy) is 1. The fourth-order valence-corrected chi connectivity index (χ4v) is 1.05. The van der Waals surface area contributed by atoms with Gasteiger partial charge in [0.25, 0.3) is 0 Å². The Bertz CT molecular complexity index is 235. The minimum absolute atomic E-state index is 0. The van der Waals surface area contributed by atoms with Crippen molar-refractivity contribution in [1.29, 1.82) is 0 Å². The number of carboxylic acids is 1. The minimum atomic E-state index is -0.957. The van der Waals surface area contributed by atoms with Crippen molar-refractivity contribution in [3.8, 4) is 0 Å². The predicted molar refractivity (Wildman–Crippen MR) is 60.6 cm³/mol. The highest BCUT2D eigenvalue weighted by molar-refractivity contribution is 5.75. The Balaban J connectivity index is 0. The summed E-state index contributed by atoms with van der Waals surface area (Å²) in [5.41, 5.74) is -0.518. The molecule has 6 nitrogen and oxygen atoms in total. The molecule has 0 aliphatic heterocycles. The molecule has 0 radical (unpaired) electrons. The normalized spacial score (nSPS) is 12.5. The maximum absolute atomic E-state index is 11.3. The van der Waals surface area contributed by atoms with Crippen molar-refractivity contribution in [2.24, 2.45) is 0 Å². The summed E-state index contributed by atoms with van der Waals surface area (Å²) in [5, 5.41) is 11.3. The first-order chi connectivity index (χ1) is 6.76. The van der Waals surface area contributed by atoms with Crippen molar-refractivity contribution in [3.63, 3.8) is 0 Å². The molecule has 5 N–H and O–H groups in total. The molecule has 1 unspecified atom stereocenters. The topological polar surface area (TPSA) is 111 Å². The van der Waals surface area contributed by atoms with Gasteiger partial charge in [-0.25, -0.2) is 0 Å². The Morgan fingerprint density at radius 1 is 1.38 bits per heavy atom. The Labute approximate surface area is 95.9 Å². The zero-order valence-electron chi connectivity index (χ0n) is 10.4. The van der Waals surface area contributed by atoms with Crippen molar-refractivity contribution in [2.45, 2.75) is 45.3 Å². The highest BCUT2D eigenvalue weighted by atomic mass is 16.6. The minimum Gasteiger partial charge on any atom is -0.480 e. The molecule has 0 heterocycles. The first-order valence-corrected chi connectivity index (χ1v) is 4.88. The van der Waals surface area contributed by atoms with E-state index in [2.05, 4.69) is 5.32 Å². The van der Waals surface area contributed by atoms with Gasteiger partial charge in [-0.3, -0.25) is 9.59 Å². The highest BCUT2D eigenvalue weighted by Crippen LogP contribution is 2.09. The van der Waals surface area contributed by atoms with Crippen LogP contribution in [-0.4, -0.2) is 35.7 Å². The molecule has 16 heavy (non-hydrogen) atoms. The van der Waals surface area contributed by atoms with Gasteiger partial charge in [0.05, 0.1) is 0 Å². The van der Waals surface area contributed by atoms with Crippen LogP contribution < -0.4 is 11.5 Å². The summed E-state index contributed by atoms with van der Waals surface area (Å²) >= 11 is 0. The SMILES string of the molecule is CNC(CCC(=O)OC(C)(C)C)C(=O)O.N. The highest BCUT2D eigenvalue weighted by Gasteiger charge is 2.20. The summed E-state index contributed by atoms with van der Waals surface area (Å²) < 4.78 is 5.05. The molecule has 0 aromatic rings. The lowest BCUT2D eigenvalue weighted by Crippen LogP contribution is -2.35. The quantitative estimate of drug-likeness (QED) is 0.610. The van der Waals surface area contributed by atoms with Gasteiger partial charge < -0.3 is 21.3 Å². The Kier molecular flexibility index (Phi) is 7.75. The molecule has 0 aromatic carbocycles. The average molecular weight is 234 g/mol. The molecule has 0 aliphatic rings. The molecule has 0 aromatic heterocycles. The summed E-state index contributed by atoms with van der Waals surface area (Å²) in [4.78, 5) is 21.9. The number of nitrogens with one attached hydrogen (secondary N) is 1. The number of carbonyl (C=O) groups is 2. The van der Waals surface area contributed by atoms with E-state index in [-0.39, 0.29) is 25.0 Å². The Hall–Kier alpha value is -1.14. The van der Waals surface area contributed by atoms with Crippen LogP contribution in [0.1, 0.15) is 33.6 Å². The molecule has 0 aliphatic carbocycles. The first-order valence-electron chi connectivity index (χ1n) is 4.88. The third kappa shape index (κ3) is 8.19. The van der Waals surface area contributed by atoms with Crippen molar-refractivity contribution in [3.05, 3.63) is 0 Å². The smallest absolute Gasteiger partial charge is 0.320 e. The molecule has 0 bridgehead atoms. The Morgan fingerprint density at radius 3 is 2.19 bits per heavy atom. The summed E-state index contributed by atoms with van der Waals surface area (Å²) in [7, 11) is 1.55. The van der Waals surface area contributed by atoms with Crippen LogP contribution in [0.2, 0.25) is 0 Å². The van der Waals surface area contributed by atoms with Crippen LogP contribution in [0.3, 0.4) is 0 Å². The molecule has 0 amide bonds. The van der Waals surface area contributed by atoms with Crippen LogP contribution in [0.4, 0.5) is 0 Å². The lowest BCUT2D eigenvalue weighted by molar-refractivity contribution is -0.155. The number of aliphatic carboxylic acids is 1. The molecule has 96 valence electrons. The molecular formula is C10H22N2O4. The Morgan fingerprint density at radius 2 is 1.88 bits per heavy atom. The molecule has 0 spiro atoms. The average Bonchev–Trinajstić information content (AvgIpc) is 2.01. The van der Waals surface area contributed by atoms with E-state index in [0.717, 1.165) is 0 Å². The third-order valence-electron chi connectivity index (χ3n) is 1.70. The van der Waals surface area contributed by atoms with Gasteiger partial charge in [0.15, 0.2) is 0 Å². The number of hydrogen-bond acceptors (Lipinski definition) is 5. The second-order valence-electron chi connectivity index (χ2n) is 4.30. The summed E-state index contributed by atoms with van der Waals surface area (Å²) in [6.07, 6.45) is 0.343. The summed E-state index contributed by atoms with van der Waals surface area (Å²) in [5.74, 6) is -1.33. The van der Waals surface area contributed by atoms with Crippen molar-refractivity contribution in [2.75, 3.05) is 7.05 Å².